The number of amides is 2. The summed E-state index contributed by atoms with van der Waals surface area (Å²) in [5.41, 5.74) is 3.08. The van der Waals surface area contributed by atoms with Crippen molar-refractivity contribution >= 4 is 23.6 Å². The predicted octanol–water partition coefficient (Wildman–Crippen LogP) is 2.97. The molecular formula is C23H27N5O3. The SMILES string of the molecule is Cc1cc(C2CC2)cnc1N1CCN(C(=O)c2ccc(N3C(=O)OCC3C)nc2)CC1. The minimum Gasteiger partial charge on any atom is -0.447 e. The van der Waals surface area contributed by atoms with E-state index in [1.165, 1.54) is 28.9 Å². The number of nitrogens with zero attached hydrogens (tertiary/aromatic N) is 5. The van der Waals surface area contributed by atoms with Gasteiger partial charge in [0.1, 0.15) is 18.2 Å². The number of piperazine rings is 1. The zero-order valence-corrected chi connectivity index (χ0v) is 18.0. The van der Waals surface area contributed by atoms with Crippen LogP contribution in [-0.2, 0) is 4.74 Å². The molecule has 0 spiro atoms. The van der Waals surface area contributed by atoms with Crippen molar-refractivity contribution in [1.29, 1.82) is 0 Å². The quantitative estimate of drug-likeness (QED) is 0.755. The van der Waals surface area contributed by atoms with Crippen molar-refractivity contribution in [3.63, 3.8) is 0 Å². The molecule has 1 saturated carbocycles. The molecule has 4 heterocycles. The van der Waals surface area contributed by atoms with Crippen molar-refractivity contribution in [1.82, 2.24) is 14.9 Å². The molecule has 0 aromatic carbocycles. The average Bonchev–Trinajstić information content (AvgIpc) is 3.58. The topological polar surface area (TPSA) is 78.9 Å². The number of anilines is 2. The van der Waals surface area contributed by atoms with E-state index >= 15 is 0 Å². The van der Waals surface area contributed by atoms with Gasteiger partial charge in [-0.15, -0.1) is 0 Å². The molecule has 5 rings (SSSR count). The molecule has 0 N–H and O–H groups in total. The van der Waals surface area contributed by atoms with Crippen molar-refractivity contribution in [3.8, 4) is 0 Å². The van der Waals surface area contributed by atoms with E-state index in [4.69, 9.17) is 9.72 Å². The molecule has 2 aromatic heterocycles. The number of carbonyl (C=O) groups is 2. The van der Waals surface area contributed by atoms with Gasteiger partial charge < -0.3 is 14.5 Å². The molecule has 2 aromatic rings. The molecule has 2 amide bonds. The smallest absolute Gasteiger partial charge is 0.415 e. The van der Waals surface area contributed by atoms with Crippen LogP contribution < -0.4 is 9.80 Å². The summed E-state index contributed by atoms with van der Waals surface area (Å²) < 4.78 is 5.04. The number of aryl methyl sites for hydroxylation is 1. The lowest BCUT2D eigenvalue weighted by molar-refractivity contribution is 0.0746. The number of hydrogen-bond donors (Lipinski definition) is 0. The highest BCUT2D eigenvalue weighted by Gasteiger charge is 2.32. The van der Waals surface area contributed by atoms with Crippen LogP contribution in [0.15, 0.2) is 30.6 Å². The first kappa shape index (κ1) is 19.8. The number of rotatable bonds is 4. The third-order valence-electron chi connectivity index (χ3n) is 6.31. The average molecular weight is 422 g/mol. The van der Waals surface area contributed by atoms with Crippen molar-refractivity contribution in [2.45, 2.75) is 38.6 Å². The third kappa shape index (κ3) is 3.82. The number of pyridine rings is 2. The van der Waals surface area contributed by atoms with Crippen LogP contribution in [0, 0.1) is 6.92 Å². The monoisotopic (exact) mass is 421 g/mol. The maximum absolute atomic E-state index is 12.9. The summed E-state index contributed by atoms with van der Waals surface area (Å²) in [7, 11) is 0. The van der Waals surface area contributed by atoms with Crippen molar-refractivity contribution in [2.75, 3.05) is 42.6 Å². The van der Waals surface area contributed by atoms with Gasteiger partial charge in [0, 0.05) is 38.6 Å². The molecule has 3 aliphatic rings. The number of carbonyl (C=O) groups excluding carboxylic acids is 2. The normalized spacial score (nSPS) is 21.4. The van der Waals surface area contributed by atoms with Gasteiger partial charge in [0.2, 0.25) is 0 Å². The van der Waals surface area contributed by atoms with Crippen LogP contribution in [0.25, 0.3) is 0 Å². The molecule has 0 radical (unpaired) electrons. The van der Waals surface area contributed by atoms with Gasteiger partial charge in [-0.1, -0.05) is 6.07 Å². The molecule has 2 aliphatic heterocycles. The van der Waals surface area contributed by atoms with E-state index in [0.29, 0.717) is 37.0 Å². The maximum atomic E-state index is 12.9. The third-order valence-corrected chi connectivity index (χ3v) is 6.31. The molecule has 31 heavy (non-hydrogen) atoms. The van der Waals surface area contributed by atoms with Crippen LogP contribution in [0.3, 0.4) is 0 Å². The van der Waals surface area contributed by atoms with Crippen LogP contribution in [0.4, 0.5) is 16.4 Å². The van der Waals surface area contributed by atoms with E-state index in [2.05, 4.69) is 22.9 Å². The first-order valence-electron chi connectivity index (χ1n) is 10.9. The molecule has 0 bridgehead atoms. The fourth-order valence-corrected chi connectivity index (χ4v) is 4.35. The zero-order valence-electron chi connectivity index (χ0n) is 18.0. The highest BCUT2D eigenvalue weighted by Crippen LogP contribution is 2.40. The largest absolute Gasteiger partial charge is 0.447 e. The Morgan fingerprint density at radius 2 is 1.87 bits per heavy atom. The molecule has 2 saturated heterocycles. The summed E-state index contributed by atoms with van der Waals surface area (Å²) in [6.45, 7) is 7.17. The van der Waals surface area contributed by atoms with E-state index in [1.807, 2.05) is 18.0 Å². The lowest BCUT2D eigenvalue weighted by Gasteiger charge is -2.36. The molecule has 162 valence electrons. The Balaban J connectivity index is 1.21. The fourth-order valence-electron chi connectivity index (χ4n) is 4.35. The van der Waals surface area contributed by atoms with Crippen LogP contribution in [0.5, 0.6) is 0 Å². The molecule has 8 nitrogen and oxygen atoms in total. The summed E-state index contributed by atoms with van der Waals surface area (Å²) >= 11 is 0. The number of cyclic esters (lactones) is 1. The number of hydrogen-bond acceptors (Lipinski definition) is 6. The lowest BCUT2D eigenvalue weighted by atomic mass is 10.1. The van der Waals surface area contributed by atoms with Crippen LogP contribution in [0.1, 0.15) is 47.2 Å². The van der Waals surface area contributed by atoms with E-state index < -0.39 is 6.09 Å². The first-order valence-corrected chi connectivity index (χ1v) is 10.9. The van der Waals surface area contributed by atoms with E-state index in [1.54, 1.807) is 18.3 Å². The van der Waals surface area contributed by atoms with Gasteiger partial charge in [0.05, 0.1) is 11.6 Å². The Hall–Kier alpha value is -3.16. The van der Waals surface area contributed by atoms with Crippen LogP contribution in [0.2, 0.25) is 0 Å². The van der Waals surface area contributed by atoms with Gasteiger partial charge in [-0.25, -0.2) is 14.8 Å². The van der Waals surface area contributed by atoms with Gasteiger partial charge >= 0.3 is 6.09 Å². The Morgan fingerprint density at radius 3 is 2.45 bits per heavy atom. The summed E-state index contributed by atoms with van der Waals surface area (Å²) in [6.07, 6.45) is 5.72. The summed E-state index contributed by atoms with van der Waals surface area (Å²) in [6, 6.07) is 5.64. The Bertz CT molecular complexity index is 997. The zero-order chi connectivity index (χ0) is 21.5. The first-order chi connectivity index (χ1) is 15.0. The number of aromatic nitrogens is 2. The Labute approximate surface area is 181 Å². The highest BCUT2D eigenvalue weighted by molar-refractivity contribution is 5.95. The molecule has 1 atom stereocenters. The van der Waals surface area contributed by atoms with Crippen molar-refractivity contribution < 1.29 is 14.3 Å². The van der Waals surface area contributed by atoms with Gasteiger partial charge in [-0.05, 0) is 55.9 Å². The Kier molecular flexibility index (Phi) is 5.00. The van der Waals surface area contributed by atoms with Crippen LogP contribution in [-0.4, -0.2) is 65.7 Å². The standard InChI is InChI=1S/C23H27N5O3/c1-15-11-19(17-3-4-17)13-25-21(15)26-7-9-27(10-8-26)22(29)18-5-6-20(24-12-18)28-16(2)14-31-23(28)30/h5-6,11-13,16-17H,3-4,7-10,14H2,1-2H3. The van der Waals surface area contributed by atoms with Gasteiger partial charge in [-0.3, -0.25) is 9.69 Å². The van der Waals surface area contributed by atoms with E-state index in [0.717, 1.165) is 18.9 Å². The second-order valence-corrected chi connectivity index (χ2v) is 8.66. The minimum atomic E-state index is -0.399. The lowest BCUT2D eigenvalue weighted by Crippen LogP contribution is -2.49. The second kappa shape index (κ2) is 7.83. The molecule has 3 fully saturated rings. The molecule has 8 heteroatoms. The predicted molar refractivity (Wildman–Crippen MR) is 117 cm³/mol. The molecule has 1 unspecified atom stereocenters. The van der Waals surface area contributed by atoms with Gasteiger partial charge in [-0.2, -0.15) is 0 Å². The van der Waals surface area contributed by atoms with Crippen molar-refractivity contribution in [3.05, 3.63) is 47.3 Å². The fraction of sp³-hybridized carbons (Fsp3) is 0.478. The van der Waals surface area contributed by atoms with Gasteiger partial charge in [0.25, 0.3) is 5.91 Å². The summed E-state index contributed by atoms with van der Waals surface area (Å²) in [4.78, 5) is 39.5. The highest BCUT2D eigenvalue weighted by atomic mass is 16.6. The minimum absolute atomic E-state index is 0.0375. The van der Waals surface area contributed by atoms with E-state index in [-0.39, 0.29) is 11.9 Å². The second-order valence-electron chi connectivity index (χ2n) is 8.66. The molecule has 1 aliphatic carbocycles. The van der Waals surface area contributed by atoms with Gasteiger partial charge in [0.15, 0.2) is 0 Å². The van der Waals surface area contributed by atoms with Crippen LogP contribution >= 0.6 is 0 Å². The molecular weight excluding hydrogens is 394 g/mol. The Morgan fingerprint density at radius 1 is 1.10 bits per heavy atom. The summed E-state index contributed by atoms with van der Waals surface area (Å²) in [5.74, 6) is 2.19. The van der Waals surface area contributed by atoms with E-state index in [9.17, 15) is 9.59 Å². The number of ether oxygens (including phenoxy) is 1. The summed E-state index contributed by atoms with van der Waals surface area (Å²) in [5, 5.41) is 0. The maximum Gasteiger partial charge on any atom is 0.415 e. The van der Waals surface area contributed by atoms with Crippen molar-refractivity contribution in [2.24, 2.45) is 0 Å².